The quantitative estimate of drug-likeness (QED) is 0.612. The Morgan fingerprint density at radius 3 is 2.91 bits per heavy atom. The number of ether oxygens (including phenoxy) is 1. The molecule has 0 saturated carbocycles. The minimum absolute atomic E-state index is 0.168. The summed E-state index contributed by atoms with van der Waals surface area (Å²) in [5.74, 6) is 0.655. The van der Waals surface area contributed by atoms with Gasteiger partial charge in [-0.3, -0.25) is 0 Å². The molecule has 0 spiro atoms. The molecule has 0 aromatic carbocycles. The monoisotopic (exact) mass is 158 g/mol. The van der Waals surface area contributed by atoms with E-state index in [9.17, 15) is 0 Å². The lowest BCUT2D eigenvalue weighted by molar-refractivity contribution is 0.0494. The summed E-state index contributed by atoms with van der Waals surface area (Å²) < 4.78 is 5.33. The van der Waals surface area contributed by atoms with Gasteiger partial charge in [0, 0.05) is 25.8 Å². The molecule has 0 unspecified atom stereocenters. The molecule has 3 heteroatoms. The Hall–Kier alpha value is -0.120. The van der Waals surface area contributed by atoms with Crippen molar-refractivity contribution in [3.8, 4) is 0 Å². The molecule has 4 N–H and O–H groups in total. The summed E-state index contributed by atoms with van der Waals surface area (Å²) in [6.45, 7) is 2.40. The van der Waals surface area contributed by atoms with Gasteiger partial charge in [-0.1, -0.05) is 0 Å². The summed E-state index contributed by atoms with van der Waals surface area (Å²) in [7, 11) is 0. The van der Waals surface area contributed by atoms with E-state index in [1.54, 1.807) is 0 Å². The first-order chi connectivity index (χ1) is 5.33. The number of nitrogens with two attached hydrogens (primary N) is 2. The van der Waals surface area contributed by atoms with Crippen LogP contribution < -0.4 is 11.5 Å². The molecule has 0 amide bonds. The van der Waals surface area contributed by atoms with Gasteiger partial charge in [0.05, 0.1) is 0 Å². The van der Waals surface area contributed by atoms with Crippen molar-refractivity contribution in [2.24, 2.45) is 17.4 Å². The molecule has 1 heterocycles. The molecule has 11 heavy (non-hydrogen) atoms. The van der Waals surface area contributed by atoms with E-state index in [1.165, 1.54) is 12.8 Å². The van der Waals surface area contributed by atoms with Gasteiger partial charge >= 0.3 is 0 Å². The molecule has 0 aromatic rings. The molecule has 1 aliphatic rings. The van der Waals surface area contributed by atoms with Gasteiger partial charge in [-0.15, -0.1) is 0 Å². The normalized spacial score (nSPS) is 28.4. The summed E-state index contributed by atoms with van der Waals surface area (Å²) in [6.07, 6.45) is 3.46. The van der Waals surface area contributed by atoms with Gasteiger partial charge in [-0.2, -0.15) is 0 Å². The van der Waals surface area contributed by atoms with Crippen LogP contribution in [0.3, 0.4) is 0 Å². The Morgan fingerprint density at radius 2 is 2.36 bits per heavy atom. The van der Waals surface area contributed by atoms with Crippen molar-refractivity contribution in [1.82, 2.24) is 0 Å². The molecule has 0 radical (unpaired) electrons. The molecule has 0 aromatic heterocycles. The minimum atomic E-state index is 0.168. The number of rotatable bonds is 3. The van der Waals surface area contributed by atoms with Crippen LogP contribution in [0.2, 0.25) is 0 Å². The van der Waals surface area contributed by atoms with Crippen LogP contribution in [0.5, 0.6) is 0 Å². The first-order valence-electron chi connectivity index (χ1n) is 4.36. The second kappa shape index (κ2) is 4.70. The largest absolute Gasteiger partial charge is 0.381 e. The van der Waals surface area contributed by atoms with Gasteiger partial charge in [0.25, 0.3) is 0 Å². The summed E-state index contributed by atoms with van der Waals surface area (Å²) in [6, 6.07) is 0.168. The highest BCUT2D eigenvalue weighted by molar-refractivity contribution is 4.70. The van der Waals surface area contributed by atoms with Gasteiger partial charge in [0.15, 0.2) is 0 Å². The van der Waals surface area contributed by atoms with Crippen LogP contribution >= 0.6 is 0 Å². The molecule has 1 aliphatic heterocycles. The predicted molar refractivity (Wildman–Crippen MR) is 45.2 cm³/mol. The average molecular weight is 158 g/mol. The Labute approximate surface area is 68.1 Å². The second-order valence-corrected chi connectivity index (χ2v) is 3.31. The molecule has 0 aliphatic carbocycles. The van der Waals surface area contributed by atoms with Crippen LogP contribution in [0.4, 0.5) is 0 Å². The maximum absolute atomic E-state index is 5.72. The maximum Gasteiger partial charge on any atom is 0.0494 e. The minimum Gasteiger partial charge on any atom is -0.381 e. The van der Waals surface area contributed by atoms with E-state index in [-0.39, 0.29) is 6.04 Å². The van der Waals surface area contributed by atoms with Gasteiger partial charge < -0.3 is 16.2 Å². The predicted octanol–water partition coefficient (Wildman–Crippen LogP) is 0.0891. The Bertz CT molecular complexity index is 102. The van der Waals surface area contributed by atoms with Crippen LogP contribution in [0.15, 0.2) is 0 Å². The lowest BCUT2D eigenvalue weighted by Gasteiger charge is -2.24. The van der Waals surface area contributed by atoms with Gasteiger partial charge in [-0.25, -0.2) is 0 Å². The molecule has 1 rings (SSSR count). The van der Waals surface area contributed by atoms with Crippen molar-refractivity contribution >= 4 is 0 Å². The zero-order valence-electron chi connectivity index (χ0n) is 6.96. The molecular weight excluding hydrogens is 140 g/mol. The highest BCUT2D eigenvalue weighted by Gasteiger charge is 2.15. The van der Waals surface area contributed by atoms with Crippen LogP contribution in [-0.4, -0.2) is 25.8 Å². The maximum atomic E-state index is 5.72. The van der Waals surface area contributed by atoms with E-state index in [0.717, 1.165) is 19.6 Å². The third-order valence-electron chi connectivity index (χ3n) is 2.19. The average Bonchev–Trinajstić information content (AvgIpc) is 2.06. The van der Waals surface area contributed by atoms with E-state index in [0.29, 0.717) is 12.5 Å². The van der Waals surface area contributed by atoms with Gasteiger partial charge in [0.2, 0.25) is 0 Å². The fourth-order valence-electron chi connectivity index (χ4n) is 1.52. The fraction of sp³-hybridized carbons (Fsp3) is 1.00. The van der Waals surface area contributed by atoms with Crippen LogP contribution in [0.1, 0.15) is 19.3 Å². The highest BCUT2D eigenvalue weighted by Crippen LogP contribution is 2.17. The zero-order chi connectivity index (χ0) is 8.10. The van der Waals surface area contributed by atoms with Gasteiger partial charge in [0.1, 0.15) is 0 Å². The Morgan fingerprint density at radius 1 is 1.55 bits per heavy atom. The molecule has 3 nitrogen and oxygen atoms in total. The molecule has 2 atom stereocenters. The van der Waals surface area contributed by atoms with Crippen molar-refractivity contribution in [2.75, 3.05) is 19.8 Å². The second-order valence-electron chi connectivity index (χ2n) is 3.31. The molecular formula is C8H18N2O. The first-order valence-corrected chi connectivity index (χ1v) is 4.36. The van der Waals surface area contributed by atoms with E-state index in [2.05, 4.69) is 0 Å². The fourth-order valence-corrected chi connectivity index (χ4v) is 1.52. The van der Waals surface area contributed by atoms with Crippen LogP contribution in [0, 0.1) is 5.92 Å². The Kier molecular flexibility index (Phi) is 3.83. The zero-order valence-corrected chi connectivity index (χ0v) is 6.96. The number of hydrogen-bond donors (Lipinski definition) is 2. The summed E-state index contributed by atoms with van der Waals surface area (Å²) in [5.41, 5.74) is 11.1. The van der Waals surface area contributed by atoms with Crippen molar-refractivity contribution < 1.29 is 4.74 Å². The van der Waals surface area contributed by atoms with Crippen LogP contribution in [-0.2, 0) is 4.74 Å². The van der Waals surface area contributed by atoms with E-state index >= 15 is 0 Å². The smallest absolute Gasteiger partial charge is 0.0494 e. The summed E-state index contributed by atoms with van der Waals surface area (Å²) in [4.78, 5) is 0. The lowest BCUT2D eigenvalue weighted by Crippen LogP contribution is -2.34. The molecule has 0 bridgehead atoms. The third kappa shape index (κ3) is 3.18. The SMILES string of the molecule is NC[C@@H](N)C[C@H]1CCCOC1. The highest BCUT2D eigenvalue weighted by atomic mass is 16.5. The lowest BCUT2D eigenvalue weighted by atomic mass is 9.95. The van der Waals surface area contributed by atoms with Crippen LogP contribution in [0.25, 0.3) is 0 Å². The van der Waals surface area contributed by atoms with Gasteiger partial charge in [-0.05, 0) is 25.2 Å². The van der Waals surface area contributed by atoms with E-state index in [1.807, 2.05) is 0 Å². The van der Waals surface area contributed by atoms with E-state index in [4.69, 9.17) is 16.2 Å². The van der Waals surface area contributed by atoms with E-state index < -0.39 is 0 Å². The molecule has 1 saturated heterocycles. The number of hydrogen-bond acceptors (Lipinski definition) is 3. The summed E-state index contributed by atoms with van der Waals surface area (Å²) in [5, 5.41) is 0. The standard InChI is InChI=1S/C8H18N2O/c9-5-8(10)4-7-2-1-3-11-6-7/h7-8H,1-6,9-10H2/t7-,8+/m1/s1. The van der Waals surface area contributed by atoms with Crippen molar-refractivity contribution in [3.05, 3.63) is 0 Å². The first kappa shape index (κ1) is 8.97. The topological polar surface area (TPSA) is 61.3 Å². The summed E-state index contributed by atoms with van der Waals surface area (Å²) >= 11 is 0. The third-order valence-corrected chi connectivity index (χ3v) is 2.19. The molecule has 1 fully saturated rings. The van der Waals surface area contributed by atoms with Crippen molar-refractivity contribution in [2.45, 2.75) is 25.3 Å². The molecule has 66 valence electrons. The van der Waals surface area contributed by atoms with Crippen molar-refractivity contribution in [1.29, 1.82) is 0 Å². The Balaban J connectivity index is 2.13. The van der Waals surface area contributed by atoms with Crippen molar-refractivity contribution in [3.63, 3.8) is 0 Å².